The number of hydrogen-bond donors (Lipinski definition) is 1. The van der Waals surface area contributed by atoms with Crippen LogP contribution >= 0.6 is 0 Å². The number of anilines is 2. The van der Waals surface area contributed by atoms with Crippen molar-refractivity contribution in [2.75, 3.05) is 36.0 Å². The summed E-state index contributed by atoms with van der Waals surface area (Å²) in [6.07, 6.45) is -0.0225. The molecule has 2 saturated heterocycles. The van der Waals surface area contributed by atoms with E-state index in [2.05, 4.69) is 5.32 Å². The third-order valence-corrected chi connectivity index (χ3v) is 4.93. The summed E-state index contributed by atoms with van der Waals surface area (Å²) in [4.78, 5) is 38.0. The highest BCUT2D eigenvalue weighted by atomic mass is 19.1. The summed E-state index contributed by atoms with van der Waals surface area (Å²) in [5.41, 5.74) is 1.50. The maximum Gasteiger partial charge on any atom is 0.414 e. The van der Waals surface area contributed by atoms with Crippen molar-refractivity contribution in [2.45, 2.75) is 32.5 Å². The lowest BCUT2D eigenvalue weighted by Crippen LogP contribution is -2.33. The van der Waals surface area contributed by atoms with Gasteiger partial charge in [-0.05, 0) is 37.1 Å². The van der Waals surface area contributed by atoms with Gasteiger partial charge in [-0.25, -0.2) is 14.0 Å². The molecule has 1 aromatic carbocycles. The first kappa shape index (κ1) is 22.1. The van der Waals surface area contributed by atoms with Gasteiger partial charge in [0.25, 0.3) is 0 Å². The van der Waals surface area contributed by atoms with Crippen LogP contribution in [-0.2, 0) is 19.1 Å². The molecule has 0 aliphatic carbocycles. The minimum absolute atomic E-state index is 0.191. The number of rotatable bonds is 6. The van der Waals surface area contributed by atoms with Gasteiger partial charge in [0, 0.05) is 26.1 Å². The number of carbonyl (C=O) groups excluding carboxylic acids is 3. The Bertz CT molecular complexity index is 958. The number of nitrogens with one attached hydrogen (secondary N) is 1. The van der Waals surface area contributed by atoms with E-state index in [1.165, 1.54) is 30.9 Å². The second-order valence-corrected chi connectivity index (χ2v) is 7.37. The number of ether oxygens (including phenoxy) is 2. The van der Waals surface area contributed by atoms with E-state index in [0.29, 0.717) is 30.9 Å². The van der Waals surface area contributed by atoms with E-state index in [4.69, 9.17) is 14.7 Å². The van der Waals surface area contributed by atoms with Gasteiger partial charge in [0.05, 0.1) is 24.5 Å². The average molecular weight is 430 g/mol. The minimum atomic E-state index is -0.832. The molecule has 2 heterocycles. The van der Waals surface area contributed by atoms with E-state index < -0.39 is 30.1 Å². The fourth-order valence-electron chi connectivity index (χ4n) is 3.42. The molecule has 0 spiro atoms. The molecule has 10 heteroatoms. The molecule has 1 N–H and O–H groups in total. The van der Waals surface area contributed by atoms with Gasteiger partial charge < -0.3 is 19.7 Å². The molecule has 2 aliphatic rings. The minimum Gasteiger partial charge on any atom is -0.444 e. The molecule has 2 fully saturated rings. The number of halogens is 1. The summed E-state index contributed by atoms with van der Waals surface area (Å²) in [6.45, 7) is 4.13. The van der Waals surface area contributed by atoms with E-state index in [1.807, 2.05) is 6.07 Å². The molecule has 9 nitrogen and oxygen atoms in total. The summed E-state index contributed by atoms with van der Waals surface area (Å²) in [5, 5.41) is 11.3. The van der Waals surface area contributed by atoms with Crippen LogP contribution < -0.4 is 15.1 Å². The van der Waals surface area contributed by atoms with Crippen LogP contribution in [0.25, 0.3) is 0 Å². The number of esters is 1. The lowest BCUT2D eigenvalue weighted by molar-refractivity contribution is -0.139. The standard InChI is InChI=1S/C21H23FN4O5/c1-13(9-23)30-20(28)7-15-5-6-25(11-15)19-4-3-16(8-18(19)22)26-12-17(31-21(26)29)10-24-14(2)27/h3-4,7-8,13,17H,5-6,10-12H2,1-2H3,(H,24,27)/t13?,17-/m0/s1. The van der Waals surface area contributed by atoms with Crippen LogP contribution in [0.15, 0.2) is 29.8 Å². The van der Waals surface area contributed by atoms with Gasteiger partial charge in [0.1, 0.15) is 18.0 Å². The van der Waals surface area contributed by atoms with Gasteiger partial charge in [-0.2, -0.15) is 5.26 Å². The molecule has 2 amide bonds. The molecular weight excluding hydrogens is 407 g/mol. The number of nitrogens with zero attached hydrogens (tertiary/aromatic N) is 3. The smallest absolute Gasteiger partial charge is 0.414 e. The number of cyclic esters (lactones) is 1. The Morgan fingerprint density at radius 1 is 1.48 bits per heavy atom. The van der Waals surface area contributed by atoms with Crippen LogP contribution in [0.5, 0.6) is 0 Å². The SMILES string of the molecule is CC(=O)NC[C@H]1CN(c2ccc(N3CCC(=CC(=O)OC(C)C#N)C3)c(F)c2)C(=O)O1. The predicted molar refractivity (Wildman–Crippen MR) is 109 cm³/mol. The van der Waals surface area contributed by atoms with Gasteiger partial charge in [0.2, 0.25) is 5.91 Å². The lowest BCUT2D eigenvalue weighted by atomic mass is 10.2. The molecular formula is C21H23FN4O5. The van der Waals surface area contributed by atoms with Crippen molar-refractivity contribution >= 4 is 29.3 Å². The first-order chi connectivity index (χ1) is 14.8. The maximum absolute atomic E-state index is 14.8. The third kappa shape index (κ3) is 5.51. The fourth-order valence-corrected chi connectivity index (χ4v) is 3.42. The number of hydrogen-bond acceptors (Lipinski definition) is 7. The Morgan fingerprint density at radius 3 is 2.94 bits per heavy atom. The molecule has 0 bridgehead atoms. The third-order valence-electron chi connectivity index (χ3n) is 4.93. The number of amides is 2. The molecule has 164 valence electrons. The molecule has 3 rings (SSSR count). The predicted octanol–water partition coefficient (Wildman–Crippen LogP) is 1.88. The van der Waals surface area contributed by atoms with Crippen LogP contribution in [0.2, 0.25) is 0 Å². The van der Waals surface area contributed by atoms with Crippen LogP contribution in [-0.4, -0.2) is 56.4 Å². The monoisotopic (exact) mass is 430 g/mol. The van der Waals surface area contributed by atoms with E-state index in [0.717, 1.165) is 5.57 Å². The number of benzene rings is 1. The van der Waals surface area contributed by atoms with Gasteiger partial charge in [-0.3, -0.25) is 9.69 Å². The van der Waals surface area contributed by atoms with E-state index >= 15 is 0 Å². The molecule has 2 atom stereocenters. The Kier molecular flexibility index (Phi) is 6.74. The van der Waals surface area contributed by atoms with Crippen molar-refractivity contribution in [2.24, 2.45) is 0 Å². The first-order valence-corrected chi connectivity index (χ1v) is 9.83. The van der Waals surface area contributed by atoms with Crippen LogP contribution in [0.3, 0.4) is 0 Å². The highest BCUT2D eigenvalue weighted by Gasteiger charge is 2.33. The largest absolute Gasteiger partial charge is 0.444 e. The highest BCUT2D eigenvalue weighted by molar-refractivity contribution is 5.90. The van der Waals surface area contributed by atoms with Crippen LogP contribution in [0.1, 0.15) is 20.3 Å². The second-order valence-electron chi connectivity index (χ2n) is 7.37. The molecule has 0 aromatic heterocycles. The summed E-state index contributed by atoms with van der Waals surface area (Å²) in [5.74, 6) is -1.32. The van der Waals surface area contributed by atoms with Crippen molar-refractivity contribution in [3.05, 3.63) is 35.7 Å². The van der Waals surface area contributed by atoms with Crippen molar-refractivity contribution in [3.8, 4) is 6.07 Å². The zero-order chi connectivity index (χ0) is 22.5. The highest BCUT2D eigenvalue weighted by Crippen LogP contribution is 2.30. The van der Waals surface area contributed by atoms with Crippen LogP contribution in [0, 0.1) is 17.1 Å². The molecule has 1 aromatic rings. The van der Waals surface area contributed by atoms with Gasteiger partial charge in [-0.1, -0.05) is 0 Å². The summed E-state index contributed by atoms with van der Waals surface area (Å²) in [7, 11) is 0. The fraction of sp³-hybridized carbons (Fsp3) is 0.429. The molecule has 31 heavy (non-hydrogen) atoms. The Labute approximate surface area is 179 Å². The summed E-state index contributed by atoms with van der Waals surface area (Å²) >= 11 is 0. The molecule has 1 unspecified atom stereocenters. The van der Waals surface area contributed by atoms with E-state index in [-0.39, 0.29) is 19.0 Å². The van der Waals surface area contributed by atoms with Crippen molar-refractivity contribution < 1.29 is 28.2 Å². The normalized spacial score (nSPS) is 20.4. The van der Waals surface area contributed by atoms with Crippen molar-refractivity contribution in [3.63, 3.8) is 0 Å². The second kappa shape index (κ2) is 9.47. The van der Waals surface area contributed by atoms with Gasteiger partial charge in [-0.15, -0.1) is 0 Å². The Balaban J connectivity index is 1.64. The van der Waals surface area contributed by atoms with E-state index in [9.17, 15) is 18.8 Å². The quantitative estimate of drug-likeness (QED) is 0.542. The molecule has 0 radical (unpaired) electrons. The van der Waals surface area contributed by atoms with Crippen molar-refractivity contribution in [1.82, 2.24) is 5.32 Å². The Hall–Kier alpha value is -3.61. The zero-order valence-electron chi connectivity index (χ0n) is 17.3. The molecule has 2 aliphatic heterocycles. The maximum atomic E-state index is 14.8. The topological polar surface area (TPSA) is 112 Å². The van der Waals surface area contributed by atoms with Crippen molar-refractivity contribution in [1.29, 1.82) is 5.26 Å². The number of nitriles is 1. The van der Waals surface area contributed by atoms with Crippen LogP contribution in [0.4, 0.5) is 20.6 Å². The first-order valence-electron chi connectivity index (χ1n) is 9.83. The Morgan fingerprint density at radius 2 is 2.26 bits per heavy atom. The number of carbonyl (C=O) groups is 3. The summed E-state index contributed by atoms with van der Waals surface area (Å²) in [6, 6.07) is 6.30. The van der Waals surface area contributed by atoms with E-state index in [1.54, 1.807) is 17.0 Å². The van der Waals surface area contributed by atoms with Gasteiger partial charge in [0.15, 0.2) is 6.10 Å². The molecule has 0 saturated carbocycles. The van der Waals surface area contributed by atoms with Gasteiger partial charge >= 0.3 is 12.1 Å². The lowest BCUT2D eigenvalue weighted by Gasteiger charge is -2.20. The average Bonchev–Trinajstić information content (AvgIpc) is 3.32. The zero-order valence-corrected chi connectivity index (χ0v) is 17.3. The summed E-state index contributed by atoms with van der Waals surface area (Å²) < 4.78 is 24.9.